The van der Waals surface area contributed by atoms with Crippen LogP contribution in [-0.4, -0.2) is 30.0 Å². The van der Waals surface area contributed by atoms with Crippen LogP contribution in [0.4, 0.5) is 0 Å². The van der Waals surface area contributed by atoms with Gasteiger partial charge in [-0.2, -0.15) is 0 Å². The van der Waals surface area contributed by atoms with Crippen LogP contribution < -0.4 is 0 Å². The summed E-state index contributed by atoms with van der Waals surface area (Å²) >= 11 is 6.06. The summed E-state index contributed by atoms with van der Waals surface area (Å²) in [6, 6.07) is 0. The summed E-state index contributed by atoms with van der Waals surface area (Å²) in [7, 11) is -1.28. The smallest absolute Gasteiger partial charge is 0.302 e. The normalized spacial score (nSPS) is 17.4. The summed E-state index contributed by atoms with van der Waals surface area (Å²) in [5.74, 6) is 0. The van der Waals surface area contributed by atoms with Crippen LogP contribution in [0.3, 0.4) is 0 Å². The lowest BCUT2D eigenvalue weighted by Gasteiger charge is -2.21. The molecule has 10 heavy (non-hydrogen) atoms. The molecule has 2 nitrogen and oxygen atoms in total. The molecule has 0 aromatic heterocycles. The molecule has 0 radical (unpaired) electrons. The van der Waals surface area contributed by atoms with E-state index in [0.717, 1.165) is 0 Å². The van der Waals surface area contributed by atoms with Gasteiger partial charge in [0.15, 0.2) is 9.04 Å². The maximum Gasteiger partial charge on any atom is 0.302 e. The van der Waals surface area contributed by atoms with E-state index in [4.69, 9.17) is 19.9 Å². The Morgan fingerprint density at radius 2 is 2.00 bits per heavy atom. The van der Waals surface area contributed by atoms with E-state index in [2.05, 4.69) is 13.1 Å². The van der Waals surface area contributed by atoms with Crippen LogP contribution in [0.2, 0.25) is 19.6 Å². The minimum absolute atomic E-state index is 0.583. The Kier molecular flexibility index (Phi) is 4.80. The molecule has 0 heterocycles. The molecule has 1 unspecified atom stereocenters. The van der Waals surface area contributed by atoms with Crippen molar-refractivity contribution in [3.8, 4) is 0 Å². The molecule has 0 aliphatic heterocycles. The molecular weight excluding hydrogens is 184 g/mol. The lowest BCUT2D eigenvalue weighted by Crippen LogP contribution is -2.38. The number of methoxy groups -OCH3 is 1. The van der Waals surface area contributed by atoms with E-state index in [9.17, 15) is 0 Å². The van der Waals surface area contributed by atoms with Crippen LogP contribution in [0.5, 0.6) is 0 Å². The first-order valence-electron chi connectivity index (χ1n) is 3.33. The predicted molar refractivity (Wildman–Crippen MR) is 49.3 cm³/mol. The molecule has 62 valence electrons. The minimum Gasteiger partial charge on any atom is -0.446 e. The average Bonchev–Trinajstić information content (AvgIpc) is 1.59. The molecule has 0 aromatic rings. The standard InChI is InChI=1S/C5H15ClO2Si2/c1-7-5-10(4,6)8-9(2)3/h9H,5H2,1-4H3. The fourth-order valence-electron chi connectivity index (χ4n) is 0.783. The van der Waals surface area contributed by atoms with E-state index in [0.29, 0.717) is 6.23 Å². The predicted octanol–water partition coefficient (Wildman–Crippen LogP) is 1.48. The highest BCUT2D eigenvalue weighted by Crippen LogP contribution is 2.11. The SMILES string of the molecule is COC[Si](C)(Cl)O[SiH](C)C. The molecule has 0 fully saturated rings. The summed E-state index contributed by atoms with van der Waals surface area (Å²) < 4.78 is 10.5. The summed E-state index contributed by atoms with van der Waals surface area (Å²) in [5, 5.41) is 0. The van der Waals surface area contributed by atoms with Gasteiger partial charge in [0.1, 0.15) is 0 Å². The summed E-state index contributed by atoms with van der Waals surface area (Å²) in [4.78, 5) is 0. The van der Waals surface area contributed by atoms with Crippen molar-refractivity contribution in [2.75, 3.05) is 13.3 Å². The molecule has 0 aromatic carbocycles. The van der Waals surface area contributed by atoms with Crippen molar-refractivity contribution in [3.05, 3.63) is 0 Å². The maximum atomic E-state index is 6.06. The van der Waals surface area contributed by atoms with Gasteiger partial charge < -0.3 is 8.85 Å². The van der Waals surface area contributed by atoms with Crippen LogP contribution in [-0.2, 0) is 8.85 Å². The van der Waals surface area contributed by atoms with Crippen molar-refractivity contribution in [2.45, 2.75) is 19.6 Å². The highest BCUT2D eigenvalue weighted by atomic mass is 35.6. The fraction of sp³-hybridized carbons (Fsp3) is 1.00. The number of halogens is 1. The van der Waals surface area contributed by atoms with E-state index in [-0.39, 0.29) is 0 Å². The molecule has 1 atom stereocenters. The lowest BCUT2D eigenvalue weighted by atomic mass is 11.5. The first-order valence-corrected chi connectivity index (χ1v) is 9.74. The van der Waals surface area contributed by atoms with Gasteiger partial charge in [0.25, 0.3) is 0 Å². The van der Waals surface area contributed by atoms with Gasteiger partial charge in [-0.1, -0.05) is 0 Å². The van der Waals surface area contributed by atoms with Crippen LogP contribution in [0.15, 0.2) is 0 Å². The van der Waals surface area contributed by atoms with E-state index in [1.807, 2.05) is 6.55 Å². The van der Waals surface area contributed by atoms with Crippen LogP contribution in [0.1, 0.15) is 0 Å². The number of hydrogen-bond acceptors (Lipinski definition) is 2. The van der Waals surface area contributed by atoms with Crippen LogP contribution >= 0.6 is 11.1 Å². The molecular formula is C5H15ClO2Si2. The largest absolute Gasteiger partial charge is 0.446 e. The third-order valence-corrected chi connectivity index (χ3v) is 6.67. The zero-order valence-corrected chi connectivity index (χ0v) is 9.89. The van der Waals surface area contributed by atoms with Crippen molar-refractivity contribution in [3.63, 3.8) is 0 Å². The molecule has 0 aliphatic carbocycles. The van der Waals surface area contributed by atoms with Gasteiger partial charge in [0.05, 0.1) is 6.23 Å². The number of hydrogen-bond donors (Lipinski definition) is 0. The number of ether oxygens (including phenoxy) is 1. The fourth-order valence-corrected chi connectivity index (χ4v) is 7.43. The Labute approximate surface area is 70.0 Å². The van der Waals surface area contributed by atoms with Gasteiger partial charge >= 0.3 is 7.63 Å². The zero-order chi connectivity index (χ0) is 8.20. The Hall–Kier alpha value is 0.644. The Balaban J connectivity index is 3.63. The summed E-state index contributed by atoms with van der Waals surface area (Å²) in [6.45, 7) is 6.19. The lowest BCUT2D eigenvalue weighted by molar-refractivity contribution is 0.237. The molecule has 0 saturated carbocycles. The molecule has 0 amide bonds. The first-order chi connectivity index (χ1) is 4.48. The molecule has 0 N–H and O–H groups in total. The molecule has 0 aliphatic rings. The Morgan fingerprint density at radius 1 is 1.50 bits per heavy atom. The van der Waals surface area contributed by atoms with Gasteiger partial charge in [-0.15, -0.1) is 11.1 Å². The van der Waals surface area contributed by atoms with Crippen molar-refractivity contribution < 1.29 is 8.85 Å². The second-order valence-electron chi connectivity index (χ2n) is 2.70. The number of rotatable bonds is 4. The minimum atomic E-state index is -1.95. The molecule has 0 spiro atoms. The molecule has 5 heteroatoms. The van der Waals surface area contributed by atoms with Crippen molar-refractivity contribution in [1.82, 2.24) is 0 Å². The van der Waals surface area contributed by atoms with E-state index >= 15 is 0 Å². The maximum absolute atomic E-state index is 6.06. The van der Waals surface area contributed by atoms with E-state index in [1.54, 1.807) is 7.11 Å². The van der Waals surface area contributed by atoms with Crippen molar-refractivity contribution in [1.29, 1.82) is 0 Å². The average molecular weight is 199 g/mol. The molecule has 0 saturated heterocycles. The molecule has 0 rings (SSSR count). The molecule has 0 bridgehead atoms. The third-order valence-electron chi connectivity index (χ3n) is 0.884. The van der Waals surface area contributed by atoms with Gasteiger partial charge in [-0.3, -0.25) is 0 Å². The zero-order valence-electron chi connectivity index (χ0n) is 6.98. The second-order valence-corrected chi connectivity index (χ2v) is 10.6. The Morgan fingerprint density at radius 3 is 2.30 bits per heavy atom. The van der Waals surface area contributed by atoms with Crippen LogP contribution in [0.25, 0.3) is 0 Å². The quantitative estimate of drug-likeness (QED) is 0.504. The highest BCUT2D eigenvalue weighted by Gasteiger charge is 2.27. The van der Waals surface area contributed by atoms with E-state index < -0.39 is 16.7 Å². The van der Waals surface area contributed by atoms with Crippen LogP contribution in [0, 0.1) is 0 Å². The second kappa shape index (κ2) is 4.51. The summed E-state index contributed by atoms with van der Waals surface area (Å²) in [6.07, 6.45) is 0.583. The summed E-state index contributed by atoms with van der Waals surface area (Å²) in [5.41, 5.74) is 0. The monoisotopic (exact) mass is 198 g/mol. The van der Waals surface area contributed by atoms with Gasteiger partial charge in [-0.05, 0) is 19.6 Å². The van der Waals surface area contributed by atoms with Crippen molar-refractivity contribution >= 4 is 27.7 Å². The Bertz CT molecular complexity index is 97.6. The van der Waals surface area contributed by atoms with Crippen molar-refractivity contribution in [2.24, 2.45) is 0 Å². The highest BCUT2D eigenvalue weighted by molar-refractivity contribution is 7.17. The third kappa shape index (κ3) is 5.43. The topological polar surface area (TPSA) is 18.5 Å². The van der Waals surface area contributed by atoms with E-state index in [1.165, 1.54) is 0 Å². The van der Waals surface area contributed by atoms with Gasteiger partial charge in [0.2, 0.25) is 0 Å². The van der Waals surface area contributed by atoms with Gasteiger partial charge in [0, 0.05) is 7.11 Å². The van der Waals surface area contributed by atoms with Gasteiger partial charge in [-0.25, -0.2) is 0 Å². The first kappa shape index (κ1) is 10.6.